The van der Waals surface area contributed by atoms with Crippen molar-refractivity contribution in [3.8, 4) is 34.8 Å². The number of nitrogen functional groups attached to an aromatic ring is 1. The van der Waals surface area contributed by atoms with Crippen LogP contribution in [0.4, 0.5) is 8.78 Å². The summed E-state index contributed by atoms with van der Waals surface area (Å²) in [6.07, 6.45) is 1.15. The van der Waals surface area contributed by atoms with Crippen LogP contribution < -0.4 is 19.9 Å². The van der Waals surface area contributed by atoms with Crippen molar-refractivity contribution in [2.45, 2.75) is 25.7 Å². The van der Waals surface area contributed by atoms with Crippen molar-refractivity contribution in [2.75, 3.05) is 26.7 Å². The number of nitrogens with two attached hydrogens (primary N) is 1. The number of phenols is 1. The molecular formula is C28H29F2N5O6. The number of carbonyl (C=O) groups is 1. The fourth-order valence-corrected chi connectivity index (χ4v) is 3.99. The van der Waals surface area contributed by atoms with Gasteiger partial charge in [0.25, 0.3) is 11.8 Å². The first-order chi connectivity index (χ1) is 19.6. The number of pyridine rings is 1. The minimum atomic E-state index is -1.29. The number of phenolic OH excluding ortho intramolecular Hbond substituents is 1. The van der Waals surface area contributed by atoms with Crippen LogP contribution in [-0.2, 0) is 4.79 Å². The molecule has 0 saturated heterocycles. The number of nitrogens with zero attached hydrogens (tertiary/aromatic N) is 3. The second-order valence-electron chi connectivity index (χ2n) is 9.19. The molecule has 41 heavy (non-hydrogen) atoms. The van der Waals surface area contributed by atoms with Crippen LogP contribution in [0.2, 0.25) is 0 Å². The number of aliphatic carboxylic acids is 1. The summed E-state index contributed by atoms with van der Waals surface area (Å²) in [6, 6.07) is 10.5. The number of hydrogen-bond donors (Lipinski definition) is 4. The summed E-state index contributed by atoms with van der Waals surface area (Å²) in [7, 11) is 1.89. The number of aromatic nitrogens is 1. The van der Waals surface area contributed by atoms with Crippen LogP contribution in [0, 0.1) is 17.0 Å². The highest BCUT2D eigenvalue weighted by molar-refractivity contribution is 6.00. The number of likely N-dealkylation sites (N-methyl/N-ethyl adjacent to an activating group) is 1. The number of aliphatic imine (C=N–C) groups is 1. The van der Waals surface area contributed by atoms with Crippen LogP contribution >= 0.6 is 0 Å². The smallest absolute Gasteiger partial charge is 0.303 e. The Morgan fingerprint density at radius 1 is 1.10 bits per heavy atom. The standard InChI is InChI=1S/C28H29F2N5O6/c1-35-12-11-33-26(35)17-6-5-7-18(14-17)40-27-22(29)24(39-13-4-2-3-8-21(37)38)23(30)28(34-27)41-20-15-16(25(31)32)9-10-19(20)36/h5-7,9-10,14-15,36H,2-4,8,11-13H2,1H3,(H3,31,32)(H,37,38). The third-order valence-electron chi connectivity index (χ3n) is 6.10. The predicted molar refractivity (Wildman–Crippen MR) is 145 cm³/mol. The van der Waals surface area contributed by atoms with E-state index in [-0.39, 0.29) is 35.9 Å². The van der Waals surface area contributed by atoms with Crippen LogP contribution in [0.3, 0.4) is 0 Å². The maximum Gasteiger partial charge on any atom is 0.303 e. The number of carboxylic acid groups (broad SMARTS) is 1. The van der Waals surface area contributed by atoms with E-state index in [4.69, 9.17) is 30.5 Å². The van der Waals surface area contributed by atoms with Crippen molar-refractivity contribution < 1.29 is 38.0 Å². The van der Waals surface area contributed by atoms with Gasteiger partial charge in [-0.25, -0.2) is 0 Å². The first-order valence-corrected chi connectivity index (χ1v) is 12.8. The number of halogens is 2. The molecule has 2 aromatic carbocycles. The number of carboxylic acids is 1. The monoisotopic (exact) mass is 569 g/mol. The lowest BCUT2D eigenvalue weighted by Crippen LogP contribution is -2.23. The molecule has 0 unspecified atom stereocenters. The molecule has 2 heterocycles. The zero-order valence-corrected chi connectivity index (χ0v) is 22.2. The zero-order valence-electron chi connectivity index (χ0n) is 22.2. The molecule has 11 nitrogen and oxygen atoms in total. The van der Waals surface area contributed by atoms with Crippen molar-refractivity contribution in [2.24, 2.45) is 10.7 Å². The van der Waals surface area contributed by atoms with Gasteiger partial charge in [0, 0.05) is 31.1 Å². The second kappa shape index (κ2) is 12.9. The van der Waals surface area contributed by atoms with Gasteiger partial charge in [-0.3, -0.25) is 15.2 Å². The third kappa shape index (κ3) is 7.18. The maximum atomic E-state index is 15.5. The number of hydrogen-bond acceptors (Lipinski definition) is 9. The topological polar surface area (TPSA) is 164 Å². The Bertz CT molecular complexity index is 1480. The van der Waals surface area contributed by atoms with E-state index in [1.807, 2.05) is 18.0 Å². The van der Waals surface area contributed by atoms with Crippen LogP contribution in [0.1, 0.15) is 36.8 Å². The molecule has 0 saturated carbocycles. The molecule has 1 aliphatic heterocycles. The largest absolute Gasteiger partial charge is 0.504 e. The molecule has 3 aromatic rings. The first kappa shape index (κ1) is 29.1. The lowest BCUT2D eigenvalue weighted by molar-refractivity contribution is -0.137. The second-order valence-corrected chi connectivity index (χ2v) is 9.19. The van der Waals surface area contributed by atoms with Gasteiger partial charge in [0.1, 0.15) is 17.4 Å². The van der Waals surface area contributed by atoms with Gasteiger partial charge in [-0.2, -0.15) is 13.8 Å². The molecule has 4 rings (SSSR count). The summed E-state index contributed by atoms with van der Waals surface area (Å²) in [5.74, 6) is -5.76. The predicted octanol–water partition coefficient (Wildman–Crippen LogP) is 4.65. The molecule has 5 N–H and O–H groups in total. The maximum absolute atomic E-state index is 15.5. The molecule has 0 fully saturated rings. The molecule has 0 spiro atoms. The molecule has 1 aliphatic rings. The summed E-state index contributed by atoms with van der Waals surface area (Å²) in [4.78, 5) is 21.0. The molecule has 13 heteroatoms. The lowest BCUT2D eigenvalue weighted by atomic mass is 10.2. The van der Waals surface area contributed by atoms with E-state index in [1.54, 1.807) is 18.2 Å². The molecule has 0 aliphatic carbocycles. The highest BCUT2D eigenvalue weighted by Gasteiger charge is 2.26. The molecule has 0 amide bonds. The van der Waals surface area contributed by atoms with E-state index in [0.29, 0.717) is 25.8 Å². The SMILES string of the molecule is CN1CCN=C1c1cccc(Oc2nc(Oc3cc(C(=N)N)ccc3O)c(F)c(OCCCCCC(=O)O)c2F)c1. The number of amidine groups is 2. The van der Waals surface area contributed by atoms with E-state index in [0.717, 1.165) is 17.9 Å². The van der Waals surface area contributed by atoms with Crippen molar-refractivity contribution in [3.05, 3.63) is 65.2 Å². The van der Waals surface area contributed by atoms with Gasteiger partial charge in [-0.05, 0) is 49.6 Å². The van der Waals surface area contributed by atoms with Gasteiger partial charge in [0.2, 0.25) is 17.4 Å². The molecule has 1 aromatic heterocycles. The molecular weight excluding hydrogens is 540 g/mol. The summed E-state index contributed by atoms with van der Waals surface area (Å²) < 4.78 is 47.6. The molecule has 0 atom stereocenters. The van der Waals surface area contributed by atoms with Gasteiger partial charge in [0.05, 0.1) is 13.2 Å². The Labute approximate surface area is 234 Å². The van der Waals surface area contributed by atoms with Crippen LogP contribution in [0.25, 0.3) is 0 Å². The summed E-state index contributed by atoms with van der Waals surface area (Å²) in [6.45, 7) is 1.27. The number of unbranched alkanes of at least 4 members (excludes halogenated alkanes) is 2. The Morgan fingerprint density at radius 3 is 2.54 bits per heavy atom. The quantitative estimate of drug-likeness (QED) is 0.130. The number of rotatable bonds is 13. The number of ether oxygens (including phenoxy) is 3. The average molecular weight is 570 g/mol. The first-order valence-electron chi connectivity index (χ1n) is 12.8. The van der Waals surface area contributed by atoms with E-state index in [9.17, 15) is 9.90 Å². The van der Waals surface area contributed by atoms with E-state index in [1.165, 1.54) is 18.2 Å². The summed E-state index contributed by atoms with van der Waals surface area (Å²) in [5.41, 5.74) is 6.42. The van der Waals surface area contributed by atoms with Gasteiger partial charge >= 0.3 is 5.97 Å². The van der Waals surface area contributed by atoms with Gasteiger partial charge in [-0.1, -0.05) is 12.1 Å². The Kier molecular flexibility index (Phi) is 9.17. The highest BCUT2D eigenvalue weighted by Crippen LogP contribution is 2.39. The van der Waals surface area contributed by atoms with Crippen molar-refractivity contribution in [1.29, 1.82) is 5.41 Å². The Morgan fingerprint density at radius 2 is 1.85 bits per heavy atom. The molecule has 0 bridgehead atoms. The minimum absolute atomic E-state index is 0.0297. The van der Waals surface area contributed by atoms with Gasteiger partial charge < -0.3 is 35.1 Å². The fourth-order valence-electron chi connectivity index (χ4n) is 3.99. The van der Waals surface area contributed by atoms with Gasteiger partial charge in [-0.15, -0.1) is 0 Å². The average Bonchev–Trinajstić information content (AvgIpc) is 3.37. The molecule has 216 valence electrons. The zero-order chi connectivity index (χ0) is 29.5. The third-order valence-corrected chi connectivity index (χ3v) is 6.10. The van der Waals surface area contributed by atoms with Crippen molar-refractivity contribution in [3.63, 3.8) is 0 Å². The van der Waals surface area contributed by atoms with E-state index < -0.39 is 40.9 Å². The number of aromatic hydroxyl groups is 1. The summed E-state index contributed by atoms with van der Waals surface area (Å²) >= 11 is 0. The van der Waals surface area contributed by atoms with Crippen LogP contribution in [0.15, 0.2) is 47.5 Å². The Hall–Kier alpha value is -4.94. The highest BCUT2D eigenvalue weighted by atomic mass is 19.1. The number of benzene rings is 2. The van der Waals surface area contributed by atoms with Gasteiger partial charge in [0.15, 0.2) is 11.5 Å². The van der Waals surface area contributed by atoms with Crippen LogP contribution in [-0.4, -0.2) is 64.5 Å². The van der Waals surface area contributed by atoms with Crippen molar-refractivity contribution in [1.82, 2.24) is 9.88 Å². The molecule has 0 radical (unpaired) electrons. The Balaban J connectivity index is 1.65. The summed E-state index contributed by atoms with van der Waals surface area (Å²) in [5, 5.41) is 26.6. The normalized spacial score (nSPS) is 12.7. The van der Waals surface area contributed by atoms with E-state index in [2.05, 4.69) is 9.98 Å². The van der Waals surface area contributed by atoms with E-state index >= 15 is 8.78 Å². The van der Waals surface area contributed by atoms with Crippen LogP contribution in [0.5, 0.6) is 34.8 Å². The lowest BCUT2D eigenvalue weighted by Gasteiger charge is -2.16. The number of nitrogens with one attached hydrogen (secondary N) is 1. The van der Waals surface area contributed by atoms with Crippen molar-refractivity contribution >= 4 is 17.6 Å². The fraction of sp³-hybridized carbons (Fsp3) is 0.286. The minimum Gasteiger partial charge on any atom is -0.504 e.